The van der Waals surface area contributed by atoms with E-state index < -0.39 is 10.1 Å². The van der Waals surface area contributed by atoms with E-state index >= 15 is 0 Å². The number of aliphatic imine (C=N–C) groups is 1. The molecule has 0 saturated carbocycles. The maximum atomic E-state index is 12.3. The van der Waals surface area contributed by atoms with Crippen molar-refractivity contribution in [1.29, 1.82) is 0 Å². The molecular formula is C31H24N2O3S. The first kappa shape index (κ1) is 24.2. The normalized spacial score (nSPS) is 12.9. The highest BCUT2D eigenvalue weighted by atomic mass is 32.2. The molecule has 0 saturated heterocycles. The average molecular weight is 505 g/mol. The molecule has 6 heteroatoms. The second-order valence-corrected chi connectivity index (χ2v) is 9.80. The van der Waals surface area contributed by atoms with Crippen LogP contribution in [-0.2, 0) is 10.1 Å². The van der Waals surface area contributed by atoms with Crippen molar-refractivity contribution in [3.63, 3.8) is 0 Å². The van der Waals surface area contributed by atoms with Gasteiger partial charge in [0.2, 0.25) is 0 Å². The molecule has 2 N–H and O–H groups in total. The molecule has 4 aromatic carbocycles. The van der Waals surface area contributed by atoms with Crippen LogP contribution in [0.25, 0.3) is 5.57 Å². The van der Waals surface area contributed by atoms with Crippen molar-refractivity contribution in [2.75, 3.05) is 5.32 Å². The topological polar surface area (TPSA) is 78.8 Å². The predicted octanol–water partition coefficient (Wildman–Crippen LogP) is 7.38. The van der Waals surface area contributed by atoms with Crippen LogP contribution in [-0.4, -0.2) is 18.7 Å². The molecule has 0 bridgehead atoms. The molecule has 0 amide bonds. The number of rotatable bonds is 6. The standard InChI is InChI=1S/C31H24N2O3S/c34-37(35,36)30-14-8-7-13-29(30)31(23-15-19-27(20-16-23)32-25-9-3-1-4-10-25)24-17-21-28(22-18-24)33-26-11-5-2-6-12-26/h1-22,32H,(H,34,35,36). The minimum absolute atomic E-state index is 0.144. The van der Waals surface area contributed by atoms with Crippen LogP contribution in [0.15, 0.2) is 149 Å². The lowest BCUT2D eigenvalue weighted by Gasteiger charge is -2.17. The molecule has 0 unspecified atom stereocenters. The largest absolute Gasteiger partial charge is 0.356 e. The van der Waals surface area contributed by atoms with Gasteiger partial charge in [0.15, 0.2) is 0 Å². The van der Waals surface area contributed by atoms with E-state index in [0.717, 1.165) is 33.9 Å². The van der Waals surface area contributed by atoms with Crippen LogP contribution < -0.4 is 5.32 Å². The molecule has 0 radical (unpaired) electrons. The second-order valence-electron chi connectivity index (χ2n) is 8.41. The van der Waals surface area contributed by atoms with Crippen molar-refractivity contribution < 1.29 is 13.0 Å². The Bertz CT molecular complexity index is 1620. The molecule has 0 atom stereocenters. The third kappa shape index (κ3) is 5.83. The van der Waals surface area contributed by atoms with E-state index in [4.69, 9.17) is 0 Å². The van der Waals surface area contributed by atoms with Crippen LogP contribution >= 0.6 is 0 Å². The van der Waals surface area contributed by atoms with Gasteiger partial charge in [-0.2, -0.15) is 8.42 Å². The summed E-state index contributed by atoms with van der Waals surface area (Å²) in [6, 6.07) is 33.7. The molecule has 37 heavy (non-hydrogen) atoms. The summed E-state index contributed by atoms with van der Waals surface area (Å²) in [4.78, 5) is 4.50. The Morgan fingerprint density at radius 2 is 1.22 bits per heavy atom. The molecule has 0 spiro atoms. The number of benzene rings is 4. The van der Waals surface area contributed by atoms with E-state index in [-0.39, 0.29) is 4.90 Å². The monoisotopic (exact) mass is 504 g/mol. The van der Waals surface area contributed by atoms with E-state index in [2.05, 4.69) is 10.3 Å². The smallest absolute Gasteiger partial charge is 0.295 e. The number of nitrogens with zero attached hydrogens (tertiary/aromatic N) is 1. The van der Waals surface area contributed by atoms with Crippen molar-refractivity contribution in [3.8, 4) is 0 Å². The van der Waals surface area contributed by atoms with Gasteiger partial charge in [0.05, 0.1) is 11.4 Å². The average Bonchev–Trinajstić information content (AvgIpc) is 2.92. The Hall–Kier alpha value is -4.52. The van der Waals surface area contributed by atoms with Gasteiger partial charge in [0.25, 0.3) is 10.1 Å². The number of para-hydroxylation sites is 2. The molecule has 0 aromatic heterocycles. The summed E-state index contributed by atoms with van der Waals surface area (Å²) < 4.78 is 34.5. The first-order valence-electron chi connectivity index (χ1n) is 11.7. The number of hydrogen-bond acceptors (Lipinski definition) is 4. The number of nitrogens with one attached hydrogen (secondary N) is 1. The summed E-state index contributed by atoms with van der Waals surface area (Å²) >= 11 is 0. The minimum atomic E-state index is -4.44. The van der Waals surface area contributed by atoms with Crippen LogP contribution in [0.5, 0.6) is 0 Å². The zero-order chi connectivity index (χ0) is 25.7. The summed E-state index contributed by atoms with van der Waals surface area (Å²) in [5.41, 5.74) is 6.20. The summed E-state index contributed by atoms with van der Waals surface area (Å²) in [6.45, 7) is 0. The maximum Gasteiger partial charge on any atom is 0.295 e. The summed E-state index contributed by atoms with van der Waals surface area (Å²) in [7, 11) is -4.44. The van der Waals surface area contributed by atoms with Gasteiger partial charge >= 0.3 is 0 Å². The van der Waals surface area contributed by atoms with E-state index in [0.29, 0.717) is 11.1 Å². The lowest BCUT2D eigenvalue weighted by atomic mass is 9.90. The number of anilines is 2. The van der Waals surface area contributed by atoms with Gasteiger partial charge in [0.1, 0.15) is 4.90 Å². The zero-order valence-corrected chi connectivity index (χ0v) is 20.6. The maximum absolute atomic E-state index is 12.3. The van der Waals surface area contributed by atoms with Crippen LogP contribution in [0.1, 0.15) is 11.1 Å². The third-order valence-electron chi connectivity index (χ3n) is 5.84. The van der Waals surface area contributed by atoms with E-state index in [1.54, 1.807) is 18.2 Å². The molecule has 1 aliphatic rings. The fraction of sp³-hybridized carbons (Fsp3) is 0. The van der Waals surface area contributed by atoms with Gasteiger partial charge in [-0.1, -0.05) is 78.9 Å². The SMILES string of the molecule is O=S(=O)(O)c1ccccc1C(=C1C=CC(=Nc2ccccc2)C=C1)c1ccc(Nc2ccccc2)cc1. The van der Waals surface area contributed by atoms with E-state index in [1.807, 2.05) is 109 Å². The predicted molar refractivity (Wildman–Crippen MR) is 150 cm³/mol. The summed E-state index contributed by atoms with van der Waals surface area (Å²) in [5.74, 6) is 0. The van der Waals surface area contributed by atoms with Crippen LogP contribution in [0.4, 0.5) is 17.1 Å². The fourth-order valence-corrected chi connectivity index (χ4v) is 4.84. The van der Waals surface area contributed by atoms with Crippen molar-refractivity contribution in [2.45, 2.75) is 4.90 Å². The summed E-state index contributed by atoms with van der Waals surface area (Å²) in [6.07, 6.45) is 7.61. The Morgan fingerprint density at radius 3 is 1.86 bits per heavy atom. The van der Waals surface area contributed by atoms with E-state index in [1.165, 1.54) is 6.07 Å². The molecule has 5 nitrogen and oxygen atoms in total. The van der Waals surface area contributed by atoms with Crippen molar-refractivity contribution in [2.24, 2.45) is 4.99 Å². The number of hydrogen-bond donors (Lipinski definition) is 2. The first-order chi connectivity index (χ1) is 18.0. The molecular weight excluding hydrogens is 480 g/mol. The highest BCUT2D eigenvalue weighted by molar-refractivity contribution is 7.86. The van der Waals surface area contributed by atoms with Crippen LogP contribution in [0.3, 0.4) is 0 Å². The molecule has 1 aliphatic carbocycles. The van der Waals surface area contributed by atoms with Crippen molar-refractivity contribution >= 4 is 38.5 Å². The Balaban J connectivity index is 1.58. The Kier molecular flexibility index (Phi) is 6.94. The number of allylic oxidation sites excluding steroid dienone is 5. The van der Waals surface area contributed by atoms with Gasteiger partial charge < -0.3 is 5.32 Å². The molecule has 4 aromatic rings. The van der Waals surface area contributed by atoms with Gasteiger partial charge in [-0.3, -0.25) is 4.55 Å². The third-order valence-corrected chi connectivity index (χ3v) is 6.75. The van der Waals surface area contributed by atoms with E-state index in [9.17, 15) is 13.0 Å². The van der Waals surface area contributed by atoms with Gasteiger partial charge in [-0.05, 0) is 71.3 Å². The Labute approximate surface area is 216 Å². The quantitative estimate of drug-likeness (QED) is 0.269. The zero-order valence-electron chi connectivity index (χ0n) is 19.8. The van der Waals surface area contributed by atoms with Gasteiger partial charge in [-0.25, -0.2) is 4.99 Å². The summed E-state index contributed by atoms with van der Waals surface area (Å²) in [5, 5.41) is 3.36. The fourth-order valence-electron chi connectivity index (χ4n) is 4.14. The van der Waals surface area contributed by atoms with Crippen LogP contribution in [0, 0.1) is 0 Å². The van der Waals surface area contributed by atoms with Crippen molar-refractivity contribution in [1.82, 2.24) is 0 Å². The highest BCUT2D eigenvalue weighted by Crippen LogP contribution is 2.34. The molecule has 0 aliphatic heterocycles. The lowest BCUT2D eigenvalue weighted by molar-refractivity contribution is 0.483. The van der Waals surface area contributed by atoms with Gasteiger partial charge in [0, 0.05) is 16.9 Å². The minimum Gasteiger partial charge on any atom is -0.356 e. The molecule has 0 heterocycles. The highest BCUT2D eigenvalue weighted by Gasteiger charge is 2.21. The van der Waals surface area contributed by atoms with Crippen molar-refractivity contribution in [3.05, 3.63) is 150 Å². The first-order valence-corrected chi connectivity index (χ1v) is 13.1. The molecule has 0 fully saturated rings. The molecule has 182 valence electrons. The van der Waals surface area contributed by atoms with Gasteiger partial charge in [-0.15, -0.1) is 0 Å². The molecule has 5 rings (SSSR count). The van der Waals surface area contributed by atoms with Crippen LogP contribution in [0.2, 0.25) is 0 Å². The lowest BCUT2D eigenvalue weighted by Crippen LogP contribution is -2.05. The Morgan fingerprint density at radius 1 is 0.649 bits per heavy atom. The second kappa shape index (κ2) is 10.6.